The number of rotatable bonds is 2. The van der Waals surface area contributed by atoms with Crippen LogP contribution in [0.4, 0.5) is 17.6 Å². The Hall–Kier alpha value is -2.57. The molecule has 2 aliphatic rings. The third kappa shape index (κ3) is 2.81. The van der Waals surface area contributed by atoms with Gasteiger partial charge in [-0.2, -0.15) is 0 Å². The maximum absolute atomic E-state index is 14.6. The highest BCUT2D eigenvalue weighted by molar-refractivity contribution is 5.84. The molecule has 0 amide bonds. The average Bonchev–Trinajstić information content (AvgIpc) is 3.29. The van der Waals surface area contributed by atoms with Gasteiger partial charge >= 0.3 is 0 Å². The standard InChI is InChI=1S/C19H16F4N2O/c20-11-4-3-5-12(21)17(11)19-14(23)7-6-13(22)18(19)15-10-16(24-26-15)25-8-1-2-9-25/h3-7,15H,1-2,8-10H2. The summed E-state index contributed by atoms with van der Waals surface area (Å²) in [4.78, 5) is 7.36. The Bertz CT molecular complexity index is 858. The fourth-order valence-corrected chi connectivity index (χ4v) is 3.55. The summed E-state index contributed by atoms with van der Waals surface area (Å²) in [5.74, 6) is -2.98. The molecule has 2 aromatic rings. The predicted octanol–water partition coefficient (Wildman–Crippen LogP) is 4.78. The van der Waals surface area contributed by atoms with E-state index in [1.807, 2.05) is 4.90 Å². The Morgan fingerprint density at radius 3 is 2.15 bits per heavy atom. The second kappa shape index (κ2) is 6.63. The molecule has 26 heavy (non-hydrogen) atoms. The molecular weight excluding hydrogens is 348 g/mol. The Morgan fingerprint density at radius 1 is 0.846 bits per heavy atom. The highest BCUT2D eigenvalue weighted by Gasteiger charge is 2.34. The molecule has 7 heteroatoms. The zero-order valence-electron chi connectivity index (χ0n) is 13.8. The molecule has 136 valence electrons. The van der Waals surface area contributed by atoms with E-state index in [-0.39, 0.29) is 12.0 Å². The van der Waals surface area contributed by atoms with Gasteiger partial charge in [-0.3, -0.25) is 0 Å². The first kappa shape index (κ1) is 16.9. The van der Waals surface area contributed by atoms with E-state index in [1.165, 1.54) is 6.07 Å². The molecule has 2 heterocycles. The monoisotopic (exact) mass is 364 g/mol. The van der Waals surface area contributed by atoms with Crippen molar-refractivity contribution in [2.75, 3.05) is 13.1 Å². The van der Waals surface area contributed by atoms with E-state index < -0.39 is 40.5 Å². The molecule has 0 saturated carbocycles. The Labute approximate surface area is 147 Å². The number of nitrogens with zero attached hydrogens (tertiary/aromatic N) is 2. The van der Waals surface area contributed by atoms with Gasteiger partial charge in [-0.1, -0.05) is 11.2 Å². The van der Waals surface area contributed by atoms with Crippen LogP contribution in [0.15, 0.2) is 35.5 Å². The van der Waals surface area contributed by atoms with Gasteiger partial charge in [-0.15, -0.1) is 0 Å². The molecule has 3 nitrogen and oxygen atoms in total. The van der Waals surface area contributed by atoms with Gasteiger partial charge in [0.2, 0.25) is 0 Å². The fourth-order valence-electron chi connectivity index (χ4n) is 3.55. The number of hydrogen-bond donors (Lipinski definition) is 0. The normalized spacial score (nSPS) is 19.6. The molecule has 1 atom stereocenters. The molecular formula is C19H16F4N2O. The highest BCUT2D eigenvalue weighted by Crippen LogP contribution is 2.40. The van der Waals surface area contributed by atoms with E-state index >= 15 is 0 Å². The zero-order chi connectivity index (χ0) is 18.3. The van der Waals surface area contributed by atoms with Crippen LogP contribution in [0.25, 0.3) is 11.1 Å². The molecule has 2 aromatic carbocycles. The van der Waals surface area contributed by atoms with Crippen molar-refractivity contribution in [3.8, 4) is 11.1 Å². The minimum Gasteiger partial charge on any atom is -0.386 e. The summed E-state index contributed by atoms with van der Waals surface area (Å²) in [6.45, 7) is 1.66. The summed E-state index contributed by atoms with van der Waals surface area (Å²) in [5, 5.41) is 3.99. The van der Waals surface area contributed by atoms with Crippen LogP contribution in [0.2, 0.25) is 0 Å². The topological polar surface area (TPSA) is 24.8 Å². The van der Waals surface area contributed by atoms with Crippen molar-refractivity contribution in [1.29, 1.82) is 0 Å². The Kier molecular flexibility index (Phi) is 4.30. The van der Waals surface area contributed by atoms with Crippen LogP contribution in [-0.2, 0) is 4.84 Å². The van der Waals surface area contributed by atoms with E-state index in [9.17, 15) is 17.6 Å². The summed E-state index contributed by atoms with van der Waals surface area (Å²) in [7, 11) is 0. The lowest BCUT2D eigenvalue weighted by atomic mass is 9.93. The molecule has 0 aromatic heterocycles. The van der Waals surface area contributed by atoms with E-state index in [4.69, 9.17) is 4.84 Å². The number of halogens is 4. The molecule has 0 aliphatic carbocycles. The molecule has 0 spiro atoms. The quantitative estimate of drug-likeness (QED) is 0.717. The SMILES string of the molecule is Fc1cccc(F)c1-c1c(F)ccc(F)c1C1CC(N2CCCC2)=NO1. The lowest BCUT2D eigenvalue weighted by Gasteiger charge is -2.18. The van der Waals surface area contributed by atoms with Crippen LogP contribution in [0.3, 0.4) is 0 Å². The minimum absolute atomic E-state index is 0.216. The van der Waals surface area contributed by atoms with E-state index in [0.29, 0.717) is 5.84 Å². The number of hydrogen-bond acceptors (Lipinski definition) is 3. The Morgan fingerprint density at radius 2 is 1.46 bits per heavy atom. The van der Waals surface area contributed by atoms with Crippen LogP contribution in [0, 0.1) is 23.3 Å². The third-order valence-electron chi connectivity index (χ3n) is 4.80. The third-order valence-corrected chi connectivity index (χ3v) is 4.80. The summed E-state index contributed by atoms with van der Waals surface area (Å²) in [6, 6.07) is 4.98. The average molecular weight is 364 g/mol. The molecule has 1 saturated heterocycles. The van der Waals surface area contributed by atoms with E-state index in [1.54, 1.807) is 0 Å². The van der Waals surface area contributed by atoms with Crippen molar-refractivity contribution in [1.82, 2.24) is 4.90 Å². The van der Waals surface area contributed by atoms with Crippen LogP contribution in [0.5, 0.6) is 0 Å². The van der Waals surface area contributed by atoms with E-state index in [2.05, 4.69) is 5.16 Å². The lowest BCUT2D eigenvalue weighted by molar-refractivity contribution is 0.0830. The van der Waals surface area contributed by atoms with Gasteiger partial charge < -0.3 is 9.74 Å². The molecule has 0 radical (unpaired) electrons. The second-order valence-corrected chi connectivity index (χ2v) is 6.41. The summed E-state index contributed by atoms with van der Waals surface area (Å²) in [5.41, 5.74) is -1.27. The van der Waals surface area contributed by atoms with Gasteiger partial charge in [0.25, 0.3) is 0 Å². The number of amidine groups is 1. The van der Waals surface area contributed by atoms with Gasteiger partial charge in [0.05, 0.1) is 12.0 Å². The Balaban J connectivity index is 1.77. The van der Waals surface area contributed by atoms with E-state index in [0.717, 1.165) is 50.2 Å². The number of benzene rings is 2. The maximum atomic E-state index is 14.6. The zero-order valence-corrected chi connectivity index (χ0v) is 13.8. The first-order valence-corrected chi connectivity index (χ1v) is 8.46. The van der Waals surface area contributed by atoms with Gasteiger partial charge in [-0.25, -0.2) is 17.6 Å². The van der Waals surface area contributed by atoms with Gasteiger partial charge in [0, 0.05) is 24.2 Å². The van der Waals surface area contributed by atoms with Gasteiger partial charge in [0.15, 0.2) is 6.10 Å². The highest BCUT2D eigenvalue weighted by atomic mass is 19.1. The maximum Gasteiger partial charge on any atom is 0.163 e. The van der Waals surface area contributed by atoms with Gasteiger partial charge in [0.1, 0.15) is 29.1 Å². The van der Waals surface area contributed by atoms with Crippen molar-refractivity contribution in [3.63, 3.8) is 0 Å². The van der Waals surface area contributed by atoms with Crippen LogP contribution in [-0.4, -0.2) is 23.8 Å². The van der Waals surface area contributed by atoms with Crippen LogP contribution >= 0.6 is 0 Å². The number of likely N-dealkylation sites (tertiary alicyclic amines) is 1. The van der Waals surface area contributed by atoms with Crippen molar-refractivity contribution >= 4 is 5.84 Å². The van der Waals surface area contributed by atoms with Crippen molar-refractivity contribution in [2.24, 2.45) is 5.16 Å². The molecule has 0 N–H and O–H groups in total. The van der Waals surface area contributed by atoms with Crippen molar-refractivity contribution in [2.45, 2.75) is 25.4 Å². The second-order valence-electron chi connectivity index (χ2n) is 6.41. The first-order valence-electron chi connectivity index (χ1n) is 8.46. The smallest absolute Gasteiger partial charge is 0.163 e. The first-order chi connectivity index (χ1) is 12.6. The largest absolute Gasteiger partial charge is 0.386 e. The molecule has 2 aliphatic heterocycles. The lowest BCUT2D eigenvalue weighted by Crippen LogP contribution is -2.26. The molecule has 4 rings (SSSR count). The molecule has 0 bridgehead atoms. The summed E-state index contributed by atoms with van der Waals surface area (Å²) >= 11 is 0. The minimum atomic E-state index is -0.963. The van der Waals surface area contributed by atoms with Gasteiger partial charge in [-0.05, 0) is 37.1 Å². The number of oxime groups is 1. The summed E-state index contributed by atoms with van der Waals surface area (Å²) in [6.07, 6.45) is 1.35. The van der Waals surface area contributed by atoms with Crippen molar-refractivity contribution < 1.29 is 22.4 Å². The van der Waals surface area contributed by atoms with Crippen molar-refractivity contribution in [3.05, 3.63) is 59.2 Å². The molecule has 1 unspecified atom stereocenters. The predicted molar refractivity (Wildman–Crippen MR) is 88.4 cm³/mol. The summed E-state index contributed by atoms with van der Waals surface area (Å²) < 4.78 is 57.6. The fraction of sp³-hybridized carbons (Fsp3) is 0.316. The van der Waals surface area contributed by atoms with Crippen LogP contribution in [0.1, 0.15) is 30.9 Å². The molecule has 1 fully saturated rings. The van der Waals surface area contributed by atoms with Crippen LogP contribution < -0.4 is 0 Å².